The van der Waals surface area contributed by atoms with E-state index in [0.29, 0.717) is 17.2 Å². The van der Waals surface area contributed by atoms with E-state index in [9.17, 15) is 19.6 Å². The zero-order valence-electron chi connectivity index (χ0n) is 16.0. The third-order valence-corrected chi connectivity index (χ3v) is 6.55. The topological polar surface area (TPSA) is 129 Å². The van der Waals surface area contributed by atoms with E-state index in [1.807, 2.05) is 0 Å². The highest BCUT2D eigenvalue weighted by molar-refractivity contribution is 7.91. The molecule has 0 saturated heterocycles. The fourth-order valence-electron chi connectivity index (χ4n) is 3.26. The second kappa shape index (κ2) is 9.73. The van der Waals surface area contributed by atoms with Crippen LogP contribution in [0.15, 0.2) is 18.3 Å². The van der Waals surface area contributed by atoms with Gasteiger partial charge in [0.25, 0.3) is 0 Å². The van der Waals surface area contributed by atoms with Gasteiger partial charge in [-0.05, 0) is 44.6 Å². The van der Waals surface area contributed by atoms with Crippen molar-refractivity contribution < 1.29 is 24.3 Å². The maximum Gasteiger partial charge on any atom is 0.337 e. The number of nitrogens with two attached hydrogens (primary N) is 1. The molecule has 0 bridgehead atoms. The summed E-state index contributed by atoms with van der Waals surface area (Å²) in [5.74, 6) is 0.148. The van der Waals surface area contributed by atoms with Gasteiger partial charge >= 0.3 is 5.97 Å². The van der Waals surface area contributed by atoms with Gasteiger partial charge in [-0.15, -0.1) is 0 Å². The Morgan fingerprint density at radius 3 is 2.74 bits per heavy atom. The van der Waals surface area contributed by atoms with Gasteiger partial charge in [0.1, 0.15) is 17.3 Å². The van der Waals surface area contributed by atoms with E-state index in [1.165, 1.54) is 6.20 Å². The Kier molecular flexibility index (Phi) is 7.91. The van der Waals surface area contributed by atoms with Gasteiger partial charge in [-0.25, -0.2) is 4.79 Å². The second-order valence-electron chi connectivity index (χ2n) is 7.39. The van der Waals surface area contributed by atoms with Crippen LogP contribution in [0.25, 0.3) is 0 Å². The summed E-state index contributed by atoms with van der Waals surface area (Å²) < 4.78 is 17.7. The zero-order chi connectivity index (χ0) is 20.0. The van der Waals surface area contributed by atoms with E-state index in [0.717, 1.165) is 31.6 Å². The molecule has 1 saturated carbocycles. The molecule has 1 aromatic rings. The van der Waals surface area contributed by atoms with Gasteiger partial charge in [0, 0.05) is 24.4 Å². The number of ether oxygens (including phenoxy) is 1. The Bertz CT molecular complexity index is 624. The van der Waals surface area contributed by atoms with Crippen LogP contribution in [0.4, 0.5) is 0 Å². The van der Waals surface area contributed by atoms with Crippen molar-refractivity contribution in [2.45, 2.75) is 63.7 Å². The van der Waals surface area contributed by atoms with Crippen molar-refractivity contribution >= 4 is 17.1 Å². The lowest BCUT2D eigenvalue weighted by molar-refractivity contribution is -0.160. The summed E-state index contributed by atoms with van der Waals surface area (Å²) in [5.41, 5.74) is 4.03. The van der Waals surface area contributed by atoms with Crippen molar-refractivity contribution in [1.29, 1.82) is 0 Å². The van der Waals surface area contributed by atoms with Crippen LogP contribution in [0.5, 0.6) is 5.75 Å². The predicted molar refractivity (Wildman–Crippen MR) is 104 cm³/mol. The molecule has 0 amide bonds. The highest BCUT2D eigenvalue weighted by Crippen LogP contribution is 2.28. The number of carboxylic acid groups (broad SMARTS) is 1. The maximum absolute atomic E-state index is 11.7. The minimum atomic E-state index is -2.24. The molecule has 4 N–H and O–H groups in total. The van der Waals surface area contributed by atoms with Crippen molar-refractivity contribution in [2.75, 3.05) is 11.5 Å². The first kappa shape index (κ1) is 21.9. The number of aliphatic hydroxyl groups is 1. The van der Waals surface area contributed by atoms with Crippen LogP contribution in [0, 0.1) is 5.92 Å². The highest BCUT2D eigenvalue weighted by atomic mass is 32.2. The molecule has 0 spiro atoms. The molecule has 152 valence electrons. The minimum Gasteiger partial charge on any atom is -0.616 e. The molecular formula is C19H30N2O5S. The normalized spacial score (nSPS) is 24.6. The molecule has 8 heteroatoms. The van der Waals surface area contributed by atoms with Crippen molar-refractivity contribution in [3.8, 4) is 5.75 Å². The fraction of sp³-hybridized carbons (Fsp3) is 0.684. The van der Waals surface area contributed by atoms with E-state index < -0.39 is 28.8 Å². The average molecular weight is 399 g/mol. The third-order valence-electron chi connectivity index (χ3n) is 5.18. The SMILES string of the molecule is CC[S+]([O-])C[C@H](N)[C@](O)(Cc1cc(O[C@H]2CC[C@H](C)CC2)ccn1)C(=O)O. The van der Waals surface area contributed by atoms with Gasteiger partial charge in [0.05, 0.1) is 12.1 Å². The Labute approximate surface area is 163 Å². The van der Waals surface area contributed by atoms with Crippen LogP contribution >= 0.6 is 0 Å². The maximum atomic E-state index is 11.7. The summed E-state index contributed by atoms with van der Waals surface area (Å²) in [6.07, 6.45) is 5.65. The Morgan fingerprint density at radius 2 is 2.15 bits per heavy atom. The number of aliphatic carboxylic acids is 1. The standard InChI is InChI=1S/C19H30N2O5S/c1-3-27(25)12-17(20)19(24,18(22)23)11-14-10-16(8-9-21-14)26-15-6-4-13(2)5-7-15/h8-10,13,15,17,24H,3-7,11-12,20H2,1-2H3,(H,22,23)/t13-,15-,17-,19+,27?/m0/s1. The number of aromatic nitrogens is 1. The molecule has 1 unspecified atom stereocenters. The molecule has 2 rings (SSSR count). The van der Waals surface area contributed by atoms with Crippen LogP contribution in [0.2, 0.25) is 0 Å². The lowest BCUT2D eigenvalue weighted by atomic mass is 9.89. The van der Waals surface area contributed by atoms with Crippen molar-refractivity contribution in [3.63, 3.8) is 0 Å². The second-order valence-corrected chi connectivity index (χ2v) is 9.18. The molecule has 0 aromatic carbocycles. The molecule has 1 aliphatic rings. The van der Waals surface area contributed by atoms with E-state index in [2.05, 4.69) is 11.9 Å². The monoisotopic (exact) mass is 398 g/mol. The summed E-state index contributed by atoms with van der Waals surface area (Å²) in [7, 11) is 0. The van der Waals surface area contributed by atoms with Crippen molar-refractivity contribution in [1.82, 2.24) is 4.98 Å². The van der Waals surface area contributed by atoms with Gasteiger partial charge in [0.2, 0.25) is 0 Å². The third kappa shape index (κ3) is 6.07. The Balaban J connectivity index is 2.08. The largest absolute Gasteiger partial charge is 0.616 e. The van der Waals surface area contributed by atoms with Crippen LogP contribution in [-0.2, 0) is 22.4 Å². The van der Waals surface area contributed by atoms with Crippen molar-refractivity contribution in [2.24, 2.45) is 11.7 Å². The highest BCUT2D eigenvalue weighted by Gasteiger charge is 2.45. The Morgan fingerprint density at radius 1 is 1.48 bits per heavy atom. The van der Waals surface area contributed by atoms with E-state index >= 15 is 0 Å². The van der Waals surface area contributed by atoms with Crippen LogP contribution in [-0.4, -0.2) is 55.0 Å². The first-order chi connectivity index (χ1) is 12.7. The van der Waals surface area contributed by atoms with E-state index in [1.54, 1.807) is 19.1 Å². The Hall–Kier alpha value is -1.35. The molecule has 1 aromatic heterocycles. The van der Waals surface area contributed by atoms with Gasteiger partial charge < -0.3 is 25.2 Å². The lowest BCUT2D eigenvalue weighted by Crippen LogP contribution is -2.58. The van der Waals surface area contributed by atoms with Crippen LogP contribution in [0.1, 0.15) is 45.2 Å². The van der Waals surface area contributed by atoms with Crippen molar-refractivity contribution in [3.05, 3.63) is 24.0 Å². The predicted octanol–water partition coefficient (Wildman–Crippen LogP) is 1.49. The smallest absolute Gasteiger partial charge is 0.337 e. The number of carbonyl (C=O) groups is 1. The van der Waals surface area contributed by atoms with Gasteiger partial charge in [-0.1, -0.05) is 18.1 Å². The summed E-state index contributed by atoms with van der Waals surface area (Å²) in [4.78, 5) is 15.8. The number of hydrogen-bond acceptors (Lipinski definition) is 6. The molecule has 1 heterocycles. The number of nitrogens with zero attached hydrogens (tertiary/aromatic N) is 1. The molecule has 27 heavy (non-hydrogen) atoms. The molecule has 0 radical (unpaired) electrons. The molecule has 0 aliphatic heterocycles. The van der Waals surface area contributed by atoms with Gasteiger partial charge in [-0.3, -0.25) is 4.98 Å². The average Bonchev–Trinajstić information content (AvgIpc) is 2.63. The van der Waals surface area contributed by atoms with Crippen LogP contribution < -0.4 is 10.5 Å². The fourth-order valence-corrected chi connectivity index (χ4v) is 4.18. The quantitative estimate of drug-likeness (QED) is 0.538. The number of hydrogen-bond donors (Lipinski definition) is 3. The summed E-state index contributed by atoms with van der Waals surface area (Å²) in [6, 6.07) is 2.21. The van der Waals surface area contributed by atoms with Gasteiger partial charge in [0.15, 0.2) is 5.60 Å². The summed E-state index contributed by atoms with van der Waals surface area (Å²) >= 11 is -1.28. The summed E-state index contributed by atoms with van der Waals surface area (Å²) in [6.45, 7) is 3.96. The molecule has 1 fully saturated rings. The molecular weight excluding hydrogens is 368 g/mol. The van der Waals surface area contributed by atoms with Crippen LogP contribution in [0.3, 0.4) is 0 Å². The van der Waals surface area contributed by atoms with E-state index in [-0.39, 0.29) is 18.3 Å². The number of pyridine rings is 1. The van der Waals surface area contributed by atoms with Gasteiger partial charge in [-0.2, -0.15) is 0 Å². The molecule has 1 aliphatic carbocycles. The first-order valence-corrected chi connectivity index (χ1v) is 10.9. The number of rotatable bonds is 9. The lowest BCUT2D eigenvalue weighted by Gasteiger charge is -2.30. The number of carboxylic acids is 1. The summed E-state index contributed by atoms with van der Waals surface area (Å²) in [5, 5.41) is 20.2. The zero-order valence-corrected chi connectivity index (χ0v) is 16.8. The minimum absolute atomic E-state index is 0.0876. The molecule has 3 atom stereocenters. The van der Waals surface area contributed by atoms with E-state index in [4.69, 9.17) is 10.5 Å². The molecule has 7 nitrogen and oxygen atoms in total. The first-order valence-electron chi connectivity index (χ1n) is 9.42.